The van der Waals surface area contributed by atoms with Crippen LogP contribution in [0.3, 0.4) is 0 Å². The lowest BCUT2D eigenvalue weighted by Gasteiger charge is -2.01. The normalized spacial score (nSPS) is 9.82. The predicted molar refractivity (Wildman–Crippen MR) is 57.2 cm³/mol. The minimum absolute atomic E-state index is 0.000405. The molecule has 17 heavy (non-hydrogen) atoms. The van der Waals surface area contributed by atoms with Crippen molar-refractivity contribution in [3.8, 4) is 6.07 Å². The summed E-state index contributed by atoms with van der Waals surface area (Å²) in [5.41, 5.74) is 1.17. The maximum absolute atomic E-state index is 10.6. The van der Waals surface area contributed by atoms with E-state index in [9.17, 15) is 4.79 Å². The average Bonchev–Trinajstić information content (AvgIpc) is 2.78. The lowest BCUT2D eigenvalue weighted by atomic mass is 10.2. The van der Waals surface area contributed by atoms with Crippen LogP contribution in [0.1, 0.15) is 21.7 Å². The van der Waals surface area contributed by atoms with E-state index in [-0.39, 0.29) is 5.69 Å². The molecule has 0 aromatic carbocycles. The summed E-state index contributed by atoms with van der Waals surface area (Å²) in [5.74, 6) is -1.06. The van der Waals surface area contributed by atoms with Crippen LogP contribution in [0.2, 0.25) is 0 Å². The minimum atomic E-state index is -1.06. The molecule has 2 heterocycles. The average molecular weight is 228 g/mol. The summed E-state index contributed by atoms with van der Waals surface area (Å²) in [5, 5.41) is 21.3. The Balaban J connectivity index is 2.19. The van der Waals surface area contributed by atoms with Crippen LogP contribution < -0.4 is 0 Å². The van der Waals surface area contributed by atoms with Crippen LogP contribution in [0.5, 0.6) is 0 Å². The Bertz CT molecular complexity index is 598. The molecule has 0 amide bonds. The molecule has 2 rings (SSSR count). The number of carboxylic acid groups (broad SMARTS) is 1. The summed E-state index contributed by atoms with van der Waals surface area (Å²) in [6.07, 6.45) is 3.12. The number of hydrogen-bond donors (Lipinski definition) is 1. The van der Waals surface area contributed by atoms with Crippen LogP contribution in [0.4, 0.5) is 0 Å². The van der Waals surface area contributed by atoms with Crippen LogP contribution in [-0.2, 0) is 6.54 Å². The van der Waals surface area contributed by atoms with Crippen molar-refractivity contribution in [2.24, 2.45) is 0 Å². The Morgan fingerprint density at radius 2 is 2.35 bits per heavy atom. The van der Waals surface area contributed by atoms with Crippen molar-refractivity contribution >= 4 is 5.97 Å². The fourth-order valence-corrected chi connectivity index (χ4v) is 1.38. The van der Waals surface area contributed by atoms with Gasteiger partial charge < -0.3 is 5.11 Å². The molecule has 0 bridgehead atoms. The van der Waals surface area contributed by atoms with Gasteiger partial charge in [-0.05, 0) is 23.8 Å². The van der Waals surface area contributed by atoms with E-state index in [4.69, 9.17) is 10.4 Å². The molecule has 2 aromatic heterocycles. The van der Waals surface area contributed by atoms with Crippen molar-refractivity contribution in [1.29, 1.82) is 5.26 Å². The van der Waals surface area contributed by atoms with Crippen molar-refractivity contribution in [2.75, 3.05) is 0 Å². The third-order valence-corrected chi connectivity index (χ3v) is 2.14. The van der Waals surface area contributed by atoms with Gasteiger partial charge in [-0.15, -0.1) is 0 Å². The van der Waals surface area contributed by atoms with Crippen LogP contribution in [0.15, 0.2) is 30.6 Å². The van der Waals surface area contributed by atoms with Crippen molar-refractivity contribution in [3.05, 3.63) is 47.5 Å². The largest absolute Gasteiger partial charge is 0.476 e. The molecule has 0 fully saturated rings. The van der Waals surface area contributed by atoms with Gasteiger partial charge in [0.1, 0.15) is 11.8 Å². The van der Waals surface area contributed by atoms with E-state index in [0.717, 1.165) is 5.56 Å². The second-order valence-electron chi connectivity index (χ2n) is 3.36. The van der Waals surface area contributed by atoms with Crippen molar-refractivity contribution in [3.63, 3.8) is 0 Å². The lowest BCUT2D eigenvalue weighted by Crippen LogP contribution is -2.04. The number of aromatic nitrogens is 3. The Morgan fingerprint density at radius 3 is 3.00 bits per heavy atom. The first kappa shape index (κ1) is 10.8. The van der Waals surface area contributed by atoms with Crippen LogP contribution in [0, 0.1) is 11.3 Å². The van der Waals surface area contributed by atoms with Gasteiger partial charge in [0.15, 0.2) is 5.69 Å². The predicted octanol–water partition coefficient (Wildman–Crippen LogP) is 0.896. The monoisotopic (exact) mass is 228 g/mol. The molecule has 0 aliphatic rings. The maximum Gasteiger partial charge on any atom is 0.356 e. The summed E-state index contributed by atoms with van der Waals surface area (Å²) >= 11 is 0. The zero-order valence-electron chi connectivity index (χ0n) is 8.74. The first-order valence-electron chi connectivity index (χ1n) is 4.81. The smallest absolute Gasteiger partial charge is 0.356 e. The summed E-state index contributed by atoms with van der Waals surface area (Å²) < 4.78 is 1.50. The molecule has 0 saturated carbocycles. The van der Waals surface area contributed by atoms with Crippen LogP contribution in [0.25, 0.3) is 0 Å². The summed E-state index contributed by atoms with van der Waals surface area (Å²) in [6, 6.07) is 6.76. The summed E-state index contributed by atoms with van der Waals surface area (Å²) in [4.78, 5) is 14.5. The number of nitriles is 1. The van der Waals surface area contributed by atoms with Crippen LogP contribution >= 0.6 is 0 Å². The number of hydrogen-bond acceptors (Lipinski definition) is 4. The zero-order valence-corrected chi connectivity index (χ0v) is 8.74. The highest BCUT2D eigenvalue weighted by Gasteiger charge is 2.06. The number of carbonyl (C=O) groups is 1. The molecule has 0 saturated heterocycles. The fraction of sp³-hybridized carbons (Fsp3) is 0.0909. The van der Waals surface area contributed by atoms with E-state index < -0.39 is 5.97 Å². The number of carboxylic acids is 1. The molecular formula is C11H8N4O2. The zero-order chi connectivity index (χ0) is 12.3. The Labute approximate surface area is 96.8 Å². The Hall–Kier alpha value is -2.68. The van der Waals surface area contributed by atoms with Crippen molar-refractivity contribution < 1.29 is 9.90 Å². The molecule has 2 aromatic rings. The highest BCUT2D eigenvalue weighted by molar-refractivity contribution is 5.85. The minimum Gasteiger partial charge on any atom is -0.476 e. The first-order valence-corrected chi connectivity index (χ1v) is 4.81. The quantitative estimate of drug-likeness (QED) is 0.842. The highest BCUT2D eigenvalue weighted by atomic mass is 16.4. The lowest BCUT2D eigenvalue weighted by molar-refractivity contribution is 0.0689. The molecule has 1 N–H and O–H groups in total. The third-order valence-electron chi connectivity index (χ3n) is 2.14. The SMILES string of the molecule is N#Cc1cc(Cn2ccc(C(=O)O)n2)ccn1. The molecule has 0 aliphatic heterocycles. The molecule has 6 nitrogen and oxygen atoms in total. The molecule has 0 atom stereocenters. The topological polar surface area (TPSA) is 91.8 Å². The fourth-order valence-electron chi connectivity index (χ4n) is 1.38. The van der Waals surface area contributed by atoms with Gasteiger partial charge in [0.2, 0.25) is 0 Å². The van der Waals surface area contributed by atoms with E-state index in [0.29, 0.717) is 12.2 Å². The van der Waals surface area contributed by atoms with E-state index in [2.05, 4.69) is 10.1 Å². The molecule has 0 aliphatic carbocycles. The van der Waals surface area contributed by atoms with E-state index >= 15 is 0 Å². The van der Waals surface area contributed by atoms with E-state index in [1.807, 2.05) is 6.07 Å². The molecule has 0 spiro atoms. The second-order valence-corrected chi connectivity index (χ2v) is 3.36. The van der Waals surface area contributed by atoms with E-state index in [1.54, 1.807) is 18.3 Å². The summed E-state index contributed by atoms with van der Waals surface area (Å²) in [7, 11) is 0. The van der Waals surface area contributed by atoms with Gasteiger partial charge in [-0.25, -0.2) is 9.78 Å². The maximum atomic E-state index is 10.6. The molecule has 6 heteroatoms. The van der Waals surface area contributed by atoms with Gasteiger partial charge in [-0.3, -0.25) is 4.68 Å². The molecule has 0 radical (unpaired) electrons. The highest BCUT2D eigenvalue weighted by Crippen LogP contribution is 2.04. The Kier molecular flexibility index (Phi) is 2.83. The van der Waals surface area contributed by atoms with Gasteiger partial charge in [0.25, 0.3) is 0 Å². The standard InChI is InChI=1S/C11H8N4O2/c12-6-9-5-8(1-3-13-9)7-15-4-2-10(14-15)11(16)17/h1-5H,7H2,(H,16,17). The molecule has 0 unspecified atom stereocenters. The van der Waals surface area contributed by atoms with Crippen LogP contribution in [-0.4, -0.2) is 25.8 Å². The summed E-state index contributed by atoms with van der Waals surface area (Å²) in [6.45, 7) is 0.407. The molecule has 84 valence electrons. The van der Waals surface area contributed by atoms with E-state index in [1.165, 1.54) is 16.9 Å². The van der Waals surface area contributed by atoms with Crippen molar-refractivity contribution in [2.45, 2.75) is 6.54 Å². The molecular weight excluding hydrogens is 220 g/mol. The van der Waals surface area contributed by atoms with Gasteiger partial charge in [-0.1, -0.05) is 0 Å². The number of nitrogens with zero attached hydrogens (tertiary/aromatic N) is 4. The number of rotatable bonds is 3. The number of pyridine rings is 1. The van der Waals surface area contributed by atoms with Crippen molar-refractivity contribution in [1.82, 2.24) is 14.8 Å². The van der Waals surface area contributed by atoms with Gasteiger partial charge in [0.05, 0.1) is 6.54 Å². The third kappa shape index (κ3) is 2.46. The second kappa shape index (κ2) is 4.45. The van der Waals surface area contributed by atoms with Gasteiger partial charge in [0, 0.05) is 12.4 Å². The number of aromatic carboxylic acids is 1. The Morgan fingerprint density at radius 1 is 1.53 bits per heavy atom. The van der Waals surface area contributed by atoms with Gasteiger partial charge in [-0.2, -0.15) is 10.4 Å². The first-order chi connectivity index (χ1) is 8.19. The van der Waals surface area contributed by atoms with Gasteiger partial charge >= 0.3 is 5.97 Å².